The van der Waals surface area contributed by atoms with E-state index in [-0.39, 0.29) is 0 Å². The van der Waals surface area contributed by atoms with E-state index in [0.717, 1.165) is 11.4 Å². The molecule has 1 heterocycles. The van der Waals surface area contributed by atoms with Gasteiger partial charge in [-0.25, -0.2) is 4.98 Å². The SMILES string of the molecule is Cc1cc(C)cc(Oc2cccc(CN)n2)c1. The number of aryl methyl sites for hydroxylation is 2. The van der Waals surface area contributed by atoms with E-state index in [1.165, 1.54) is 11.1 Å². The van der Waals surface area contributed by atoms with E-state index in [2.05, 4.69) is 11.1 Å². The molecule has 17 heavy (non-hydrogen) atoms. The van der Waals surface area contributed by atoms with Crippen LogP contribution in [-0.2, 0) is 6.54 Å². The molecule has 1 aromatic carbocycles. The Bertz CT molecular complexity index is 503. The highest BCUT2D eigenvalue weighted by molar-refractivity contribution is 5.35. The van der Waals surface area contributed by atoms with Gasteiger partial charge in [0.25, 0.3) is 0 Å². The third-order valence-electron chi connectivity index (χ3n) is 2.41. The number of rotatable bonds is 3. The highest BCUT2D eigenvalue weighted by Crippen LogP contribution is 2.22. The van der Waals surface area contributed by atoms with Gasteiger partial charge in [-0.05, 0) is 43.2 Å². The Kier molecular flexibility index (Phi) is 3.40. The van der Waals surface area contributed by atoms with Crippen LogP contribution in [0.5, 0.6) is 11.6 Å². The van der Waals surface area contributed by atoms with Crippen LogP contribution in [0.4, 0.5) is 0 Å². The predicted molar refractivity (Wildman–Crippen MR) is 68.1 cm³/mol. The molecule has 0 radical (unpaired) electrons. The molecule has 0 bridgehead atoms. The molecular formula is C14H16N2O. The maximum Gasteiger partial charge on any atom is 0.219 e. The molecule has 2 aromatic rings. The van der Waals surface area contributed by atoms with Crippen LogP contribution in [-0.4, -0.2) is 4.98 Å². The van der Waals surface area contributed by atoms with E-state index in [0.29, 0.717) is 12.4 Å². The summed E-state index contributed by atoms with van der Waals surface area (Å²) >= 11 is 0. The van der Waals surface area contributed by atoms with E-state index >= 15 is 0 Å². The van der Waals surface area contributed by atoms with Gasteiger partial charge >= 0.3 is 0 Å². The number of pyridine rings is 1. The summed E-state index contributed by atoms with van der Waals surface area (Å²) in [6.45, 7) is 4.51. The van der Waals surface area contributed by atoms with Crippen LogP contribution in [0.1, 0.15) is 16.8 Å². The monoisotopic (exact) mass is 228 g/mol. The molecule has 1 aromatic heterocycles. The quantitative estimate of drug-likeness (QED) is 0.878. The fourth-order valence-corrected chi connectivity index (χ4v) is 1.74. The molecule has 2 rings (SSSR count). The maximum atomic E-state index is 5.72. The Morgan fingerprint density at radius 1 is 1.12 bits per heavy atom. The first kappa shape index (κ1) is 11.6. The van der Waals surface area contributed by atoms with Crippen LogP contribution >= 0.6 is 0 Å². The van der Waals surface area contributed by atoms with E-state index in [1.54, 1.807) is 0 Å². The Morgan fingerprint density at radius 3 is 2.47 bits per heavy atom. The van der Waals surface area contributed by atoms with Crippen molar-refractivity contribution in [2.24, 2.45) is 5.73 Å². The minimum atomic E-state index is 0.421. The standard InChI is InChI=1S/C14H16N2O/c1-10-6-11(2)8-13(7-10)17-14-5-3-4-12(9-15)16-14/h3-8H,9,15H2,1-2H3. The van der Waals surface area contributed by atoms with Crippen molar-refractivity contribution in [2.75, 3.05) is 0 Å². The molecule has 0 aliphatic rings. The minimum Gasteiger partial charge on any atom is -0.439 e. The van der Waals surface area contributed by atoms with E-state index < -0.39 is 0 Å². The lowest BCUT2D eigenvalue weighted by atomic mass is 10.1. The van der Waals surface area contributed by atoms with Crippen molar-refractivity contribution >= 4 is 0 Å². The molecule has 0 atom stereocenters. The number of hydrogen-bond acceptors (Lipinski definition) is 3. The number of ether oxygens (including phenoxy) is 1. The van der Waals surface area contributed by atoms with Crippen molar-refractivity contribution in [3.8, 4) is 11.6 Å². The third-order valence-corrected chi connectivity index (χ3v) is 2.41. The average Bonchev–Trinajstić information content (AvgIpc) is 2.28. The van der Waals surface area contributed by atoms with Crippen molar-refractivity contribution in [3.05, 3.63) is 53.2 Å². The number of hydrogen-bond donors (Lipinski definition) is 1. The van der Waals surface area contributed by atoms with Crippen molar-refractivity contribution in [1.29, 1.82) is 0 Å². The zero-order chi connectivity index (χ0) is 12.3. The molecule has 0 aliphatic heterocycles. The van der Waals surface area contributed by atoms with Crippen LogP contribution in [0.2, 0.25) is 0 Å². The number of benzene rings is 1. The van der Waals surface area contributed by atoms with Crippen molar-refractivity contribution in [2.45, 2.75) is 20.4 Å². The predicted octanol–water partition coefficient (Wildman–Crippen LogP) is 2.95. The van der Waals surface area contributed by atoms with Gasteiger partial charge in [0.15, 0.2) is 0 Å². The van der Waals surface area contributed by atoms with Gasteiger partial charge in [-0.3, -0.25) is 0 Å². The van der Waals surface area contributed by atoms with Crippen molar-refractivity contribution in [3.63, 3.8) is 0 Å². The zero-order valence-corrected chi connectivity index (χ0v) is 10.1. The molecule has 0 aliphatic carbocycles. The highest BCUT2D eigenvalue weighted by atomic mass is 16.5. The fourth-order valence-electron chi connectivity index (χ4n) is 1.74. The van der Waals surface area contributed by atoms with Crippen LogP contribution in [0.15, 0.2) is 36.4 Å². The third kappa shape index (κ3) is 3.04. The van der Waals surface area contributed by atoms with Crippen LogP contribution in [0.3, 0.4) is 0 Å². The molecular weight excluding hydrogens is 212 g/mol. The first-order valence-corrected chi connectivity index (χ1v) is 5.59. The van der Waals surface area contributed by atoms with E-state index in [1.807, 2.05) is 44.2 Å². The molecule has 3 nitrogen and oxygen atoms in total. The molecule has 0 saturated carbocycles. The lowest BCUT2D eigenvalue weighted by molar-refractivity contribution is 0.460. The second-order valence-electron chi connectivity index (χ2n) is 4.10. The molecule has 0 spiro atoms. The average molecular weight is 228 g/mol. The Labute approximate surface area is 101 Å². The Hall–Kier alpha value is -1.87. The largest absolute Gasteiger partial charge is 0.439 e. The summed E-state index contributed by atoms with van der Waals surface area (Å²) in [7, 11) is 0. The topological polar surface area (TPSA) is 48.1 Å². The summed E-state index contributed by atoms with van der Waals surface area (Å²) in [5.74, 6) is 1.39. The van der Waals surface area contributed by atoms with Gasteiger partial charge in [-0.15, -0.1) is 0 Å². The summed E-state index contributed by atoms with van der Waals surface area (Å²) in [4.78, 5) is 4.30. The molecule has 2 N–H and O–H groups in total. The summed E-state index contributed by atoms with van der Waals surface area (Å²) in [6, 6.07) is 11.7. The zero-order valence-electron chi connectivity index (χ0n) is 10.1. The molecule has 88 valence electrons. The Morgan fingerprint density at radius 2 is 1.82 bits per heavy atom. The first-order chi connectivity index (χ1) is 8.17. The number of aromatic nitrogens is 1. The number of nitrogens with zero attached hydrogens (tertiary/aromatic N) is 1. The lowest BCUT2D eigenvalue weighted by Crippen LogP contribution is -2.00. The first-order valence-electron chi connectivity index (χ1n) is 5.59. The minimum absolute atomic E-state index is 0.421. The molecule has 0 amide bonds. The molecule has 3 heteroatoms. The normalized spacial score (nSPS) is 10.3. The fraction of sp³-hybridized carbons (Fsp3) is 0.214. The summed E-state index contributed by atoms with van der Waals surface area (Å²) in [6.07, 6.45) is 0. The summed E-state index contributed by atoms with van der Waals surface area (Å²) < 4.78 is 5.72. The molecule has 0 fully saturated rings. The summed E-state index contributed by atoms with van der Waals surface area (Å²) in [5, 5.41) is 0. The summed E-state index contributed by atoms with van der Waals surface area (Å²) in [5.41, 5.74) is 8.72. The van der Waals surface area contributed by atoms with Gasteiger partial charge in [0.05, 0.1) is 5.69 Å². The number of nitrogens with two attached hydrogens (primary N) is 1. The van der Waals surface area contributed by atoms with Gasteiger partial charge in [-0.1, -0.05) is 12.1 Å². The van der Waals surface area contributed by atoms with Crippen LogP contribution < -0.4 is 10.5 Å². The molecule has 0 unspecified atom stereocenters. The van der Waals surface area contributed by atoms with Gasteiger partial charge in [0, 0.05) is 12.6 Å². The van der Waals surface area contributed by atoms with E-state index in [4.69, 9.17) is 10.5 Å². The van der Waals surface area contributed by atoms with Crippen molar-refractivity contribution < 1.29 is 4.74 Å². The maximum absolute atomic E-state index is 5.72. The van der Waals surface area contributed by atoms with Crippen LogP contribution in [0, 0.1) is 13.8 Å². The highest BCUT2D eigenvalue weighted by Gasteiger charge is 2.01. The van der Waals surface area contributed by atoms with Gasteiger partial charge in [0.2, 0.25) is 5.88 Å². The molecule has 0 saturated heterocycles. The van der Waals surface area contributed by atoms with Gasteiger partial charge < -0.3 is 10.5 Å². The van der Waals surface area contributed by atoms with Crippen LogP contribution in [0.25, 0.3) is 0 Å². The second kappa shape index (κ2) is 4.97. The second-order valence-corrected chi connectivity index (χ2v) is 4.10. The Balaban J connectivity index is 2.24. The van der Waals surface area contributed by atoms with Crippen molar-refractivity contribution in [1.82, 2.24) is 4.98 Å². The van der Waals surface area contributed by atoms with Gasteiger partial charge in [-0.2, -0.15) is 0 Å². The van der Waals surface area contributed by atoms with Gasteiger partial charge in [0.1, 0.15) is 5.75 Å². The smallest absolute Gasteiger partial charge is 0.219 e. The lowest BCUT2D eigenvalue weighted by Gasteiger charge is -2.07. The van der Waals surface area contributed by atoms with E-state index in [9.17, 15) is 0 Å².